The summed E-state index contributed by atoms with van der Waals surface area (Å²) in [6, 6.07) is 3.99. The molecule has 8 nitrogen and oxygen atoms in total. The quantitative estimate of drug-likeness (QED) is 0.793. The molecule has 0 spiro atoms. The standard InChI is InChI=1S/C20H24F2N6O2/c1-11-10-29-5-4-27(11)17-8-14(13-7-16(30-19(21)22)18(23)24-9-13)25-20(26-17)28-3-2-12-6-15(12)28/h7-9,11-12,15,19H,2-6,10H2,1H3,(H2,23,24)/t11-,12?,15?/m0/s1. The van der Waals surface area contributed by atoms with Crippen LogP contribution in [0.15, 0.2) is 18.3 Å². The average molecular weight is 418 g/mol. The number of anilines is 3. The molecule has 1 saturated carbocycles. The van der Waals surface area contributed by atoms with Gasteiger partial charge in [0.15, 0.2) is 11.6 Å². The van der Waals surface area contributed by atoms with Gasteiger partial charge in [-0.1, -0.05) is 0 Å². The molecular weight excluding hydrogens is 394 g/mol. The molecule has 2 aliphatic heterocycles. The molecule has 4 heterocycles. The molecule has 0 aromatic carbocycles. The van der Waals surface area contributed by atoms with E-state index in [4.69, 9.17) is 20.4 Å². The number of morpholine rings is 1. The minimum Gasteiger partial charge on any atom is -0.431 e. The summed E-state index contributed by atoms with van der Waals surface area (Å²) in [6.07, 6.45) is 3.85. The lowest BCUT2D eigenvalue weighted by atomic mass is 10.1. The number of pyridine rings is 1. The Balaban J connectivity index is 1.56. The molecule has 0 amide bonds. The van der Waals surface area contributed by atoms with E-state index in [-0.39, 0.29) is 17.6 Å². The highest BCUT2D eigenvalue weighted by molar-refractivity contribution is 5.68. The first-order valence-electron chi connectivity index (χ1n) is 10.2. The van der Waals surface area contributed by atoms with Crippen molar-refractivity contribution >= 4 is 17.6 Å². The largest absolute Gasteiger partial charge is 0.431 e. The second-order valence-corrected chi connectivity index (χ2v) is 8.06. The van der Waals surface area contributed by atoms with Crippen molar-refractivity contribution in [3.05, 3.63) is 18.3 Å². The van der Waals surface area contributed by atoms with Crippen LogP contribution in [0.4, 0.5) is 26.4 Å². The summed E-state index contributed by atoms with van der Waals surface area (Å²) < 4.78 is 35.6. The van der Waals surface area contributed by atoms with Crippen LogP contribution in [0.5, 0.6) is 5.75 Å². The van der Waals surface area contributed by atoms with Crippen molar-refractivity contribution in [1.82, 2.24) is 15.0 Å². The van der Waals surface area contributed by atoms with Crippen molar-refractivity contribution in [1.29, 1.82) is 0 Å². The molecule has 0 bridgehead atoms. The molecule has 0 radical (unpaired) electrons. The maximum Gasteiger partial charge on any atom is 0.387 e. The third kappa shape index (κ3) is 3.60. The number of hydrogen-bond donors (Lipinski definition) is 1. The van der Waals surface area contributed by atoms with Crippen LogP contribution in [0.2, 0.25) is 0 Å². The number of nitrogens with two attached hydrogens (primary N) is 1. The first kappa shape index (κ1) is 19.2. The number of piperidine rings is 1. The van der Waals surface area contributed by atoms with Gasteiger partial charge >= 0.3 is 6.61 Å². The predicted molar refractivity (Wildman–Crippen MR) is 108 cm³/mol. The lowest BCUT2D eigenvalue weighted by Gasteiger charge is -2.35. The lowest BCUT2D eigenvalue weighted by Crippen LogP contribution is -2.44. The van der Waals surface area contributed by atoms with Crippen LogP contribution in [0.3, 0.4) is 0 Å². The van der Waals surface area contributed by atoms with Gasteiger partial charge in [-0.05, 0) is 31.7 Å². The lowest BCUT2D eigenvalue weighted by molar-refractivity contribution is -0.0494. The fourth-order valence-corrected chi connectivity index (χ4v) is 4.34. The molecule has 3 atom stereocenters. The molecule has 2 N–H and O–H groups in total. The number of halogens is 2. The number of nitrogens with zero attached hydrogens (tertiary/aromatic N) is 5. The average Bonchev–Trinajstić information content (AvgIpc) is 3.38. The predicted octanol–water partition coefficient (Wildman–Crippen LogP) is 2.55. The van der Waals surface area contributed by atoms with Crippen molar-refractivity contribution < 1.29 is 18.3 Å². The van der Waals surface area contributed by atoms with E-state index in [9.17, 15) is 8.78 Å². The molecule has 10 heteroatoms. The Morgan fingerprint density at radius 2 is 2.10 bits per heavy atom. The van der Waals surface area contributed by atoms with Gasteiger partial charge in [-0.25, -0.2) is 9.97 Å². The van der Waals surface area contributed by atoms with Crippen molar-refractivity contribution in [3.8, 4) is 17.0 Å². The zero-order chi connectivity index (χ0) is 20.8. The normalized spacial score (nSPS) is 25.5. The first-order chi connectivity index (χ1) is 14.5. The van der Waals surface area contributed by atoms with E-state index in [0.717, 1.165) is 31.2 Å². The van der Waals surface area contributed by atoms with E-state index in [1.807, 2.05) is 6.07 Å². The Labute approximate surface area is 173 Å². The third-order valence-corrected chi connectivity index (χ3v) is 6.04. The van der Waals surface area contributed by atoms with E-state index in [1.54, 1.807) is 0 Å². The molecule has 2 unspecified atom stereocenters. The third-order valence-electron chi connectivity index (χ3n) is 6.04. The number of nitrogen functional groups attached to an aromatic ring is 1. The zero-order valence-corrected chi connectivity index (χ0v) is 16.7. The summed E-state index contributed by atoms with van der Waals surface area (Å²) in [5.74, 6) is 1.94. The van der Waals surface area contributed by atoms with Gasteiger partial charge < -0.3 is 25.0 Å². The van der Waals surface area contributed by atoms with E-state index in [2.05, 4.69) is 26.4 Å². The van der Waals surface area contributed by atoms with E-state index >= 15 is 0 Å². The van der Waals surface area contributed by atoms with Gasteiger partial charge in [0.2, 0.25) is 5.95 Å². The van der Waals surface area contributed by atoms with Gasteiger partial charge in [0.1, 0.15) is 5.82 Å². The molecule has 2 saturated heterocycles. The highest BCUT2D eigenvalue weighted by Crippen LogP contribution is 2.46. The Hall–Kier alpha value is -2.75. The minimum absolute atomic E-state index is 0.0873. The van der Waals surface area contributed by atoms with Crippen molar-refractivity contribution in [2.24, 2.45) is 5.92 Å². The first-order valence-corrected chi connectivity index (χ1v) is 10.2. The maximum absolute atomic E-state index is 12.7. The van der Waals surface area contributed by atoms with Crippen LogP contribution in [0.25, 0.3) is 11.3 Å². The summed E-state index contributed by atoms with van der Waals surface area (Å²) in [5, 5.41) is 0. The fraction of sp³-hybridized carbons (Fsp3) is 0.550. The van der Waals surface area contributed by atoms with Crippen LogP contribution in [0, 0.1) is 5.92 Å². The zero-order valence-electron chi connectivity index (χ0n) is 16.7. The summed E-state index contributed by atoms with van der Waals surface area (Å²) in [5.41, 5.74) is 6.86. The van der Waals surface area contributed by atoms with Crippen LogP contribution in [0.1, 0.15) is 19.8 Å². The highest BCUT2D eigenvalue weighted by Gasteiger charge is 2.48. The smallest absolute Gasteiger partial charge is 0.387 e. The number of hydrogen-bond acceptors (Lipinski definition) is 8. The van der Waals surface area contributed by atoms with Gasteiger partial charge in [0, 0.05) is 37.0 Å². The number of ether oxygens (including phenoxy) is 2. The fourth-order valence-electron chi connectivity index (χ4n) is 4.34. The monoisotopic (exact) mass is 418 g/mol. The summed E-state index contributed by atoms with van der Waals surface area (Å²) in [6.45, 7) is 2.01. The SMILES string of the molecule is C[C@H]1COCCN1c1cc(-c2cnc(N)c(OC(F)F)c2)nc(N2CCC3CC32)n1. The van der Waals surface area contributed by atoms with Gasteiger partial charge in [0.05, 0.1) is 24.9 Å². The molecular formula is C20H24F2N6O2. The number of fused-ring (bicyclic) bond motifs is 1. The van der Waals surface area contributed by atoms with E-state index in [0.29, 0.717) is 36.5 Å². The van der Waals surface area contributed by atoms with Crippen molar-refractivity contribution in [2.75, 3.05) is 41.8 Å². The van der Waals surface area contributed by atoms with Gasteiger partial charge in [-0.15, -0.1) is 0 Å². The summed E-state index contributed by atoms with van der Waals surface area (Å²) in [7, 11) is 0. The van der Waals surface area contributed by atoms with Crippen LogP contribution >= 0.6 is 0 Å². The van der Waals surface area contributed by atoms with E-state index < -0.39 is 6.61 Å². The van der Waals surface area contributed by atoms with Crippen molar-refractivity contribution in [2.45, 2.75) is 38.5 Å². The van der Waals surface area contributed by atoms with Gasteiger partial charge in [-0.3, -0.25) is 0 Å². The summed E-state index contributed by atoms with van der Waals surface area (Å²) >= 11 is 0. The number of alkyl halides is 2. The molecule has 2 aromatic rings. The molecule has 5 rings (SSSR count). The van der Waals surface area contributed by atoms with E-state index in [1.165, 1.54) is 18.7 Å². The van der Waals surface area contributed by atoms with Crippen LogP contribution in [-0.4, -0.2) is 60.0 Å². The molecule has 160 valence electrons. The Kier molecular flexibility index (Phi) is 4.80. The van der Waals surface area contributed by atoms with Gasteiger partial charge in [-0.2, -0.15) is 13.8 Å². The Morgan fingerprint density at radius 1 is 1.23 bits per heavy atom. The molecule has 3 fully saturated rings. The second-order valence-electron chi connectivity index (χ2n) is 8.06. The maximum atomic E-state index is 12.7. The summed E-state index contributed by atoms with van der Waals surface area (Å²) in [4.78, 5) is 18.1. The topological polar surface area (TPSA) is 89.6 Å². The molecule has 1 aliphatic carbocycles. The van der Waals surface area contributed by atoms with Crippen molar-refractivity contribution in [3.63, 3.8) is 0 Å². The molecule has 3 aliphatic rings. The highest BCUT2D eigenvalue weighted by atomic mass is 19.3. The Bertz CT molecular complexity index is 946. The second kappa shape index (κ2) is 7.50. The Morgan fingerprint density at radius 3 is 2.80 bits per heavy atom. The molecule has 30 heavy (non-hydrogen) atoms. The van der Waals surface area contributed by atoms with Crippen LogP contribution in [-0.2, 0) is 4.74 Å². The number of aromatic nitrogens is 3. The van der Waals surface area contributed by atoms with Crippen LogP contribution < -0.4 is 20.3 Å². The van der Waals surface area contributed by atoms with Gasteiger partial charge in [0.25, 0.3) is 0 Å². The minimum atomic E-state index is -2.98. The molecule has 2 aromatic heterocycles. The number of rotatable bonds is 5.